The highest BCUT2D eigenvalue weighted by molar-refractivity contribution is 7.47. The van der Waals surface area contributed by atoms with Crippen LogP contribution in [0, 0.1) is 5.92 Å². The monoisotopic (exact) mass is 1380 g/mol. The van der Waals surface area contributed by atoms with Crippen LogP contribution in [-0.2, 0) is 65.4 Å². The number of esters is 4. The van der Waals surface area contributed by atoms with Gasteiger partial charge in [0.1, 0.15) is 19.3 Å². The van der Waals surface area contributed by atoms with Crippen LogP contribution in [-0.4, -0.2) is 96.7 Å². The number of hydrogen-bond acceptors (Lipinski definition) is 15. The third kappa shape index (κ3) is 68.6. The Hall–Kier alpha value is -1.94. The van der Waals surface area contributed by atoms with Crippen molar-refractivity contribution in [2.24, 2.45) is 5.92 Å². The van der Waals surface area contributed by atoms with Crippen molar-refractivity contribution in [2.45, 2.75) is 412 Å². The number of carbonyl (C=O) groups excluding carboxylic acids is 4. The summed E-state index contributed by atoms with van der Waals surface area (Å²) in [5.74, 6) is -1.30. The van der Waals surface area contributed by atoms with Crippen molar-refractivity contribution in [1.82, 2.24) is 0 Å². The van der Waals surface area contributed by atoms with Crippen LogP contribution in [0.4, 0.5) is 0 Å². The van der Waals surface area contributed by atoms with Crippen molar-refractivity contribution in [1.29, 1.82) is 0 Å². The zero-order valence-electron chi connectivity index (χ0n) is 61.1. The summed E-state index contributed by atoms with van der Waals surface area (Å²) >= 11 is 0. The SMILES string of the molecule is CCCCCCCCCCCCCCCCCCC(=O)OC[C@H](COP(=O)(O)OC[C@@H](O)COP(=O)(O)OC[C@@H](COC(=O)CCCCCCCCCC)OC(=O)CCCCCCCCCCC)OC(=O)CCCCCCCCCCCCCCCCCCCCC(C)C. The number of hydrogen-bond donors (Lipinski definition) is 3. The minimum atomic E-state index is -4.95. The molecule has 0 saturated carbocycles. The van der Waals surface area contributed by atoms with Crippen molar-refractivity contribution in [3.05, 3.63) is 0 Å². The van der Waals surface area contributed by atoms with E-state index in [9.17, 15) is 43.2 Å². The molecule has 0 spiro atoms. The van der Waals surface area contributed by atoms with Gasteiger partial charge in [0.15, 0.2) is 12.2 Å². The highest BCUT2D eigenvalue weighted by Gasteiger charge is 2.30. The number of aliphatic hydroxyl groups excluding tert-OH is 1. The van der Waals surface area contributed by atoms with Gasteiger partial charge in [0.05, 0.1) is 26.4 Å². The molecule has 3 N–H and O–H groups in total. The number of unbranched alkanes of at least 4 members (excludes halogenated alkanes) is 47. The lowest BCUT2D eigenvalue weighted by atomic mass is 10.0. The van der Waals surface area contributed by atoms with Gasteiger partial charge in [-0.3, -0.25) is 37.3 Å². The lowest BCUT2D eigenvalue weighted by molar-refractivity contribution is -0.161. The zero-order chi connectivity index (χ0) is 69.1. The Balaban J connectivity index is 5.15. The molecule has 19 heteroatoms. The number of ether oxygens (including phenoxy) is 4. The van der Waals surface area contributed by atoms with Crippen LogP contribution in [0.1, 0.15) is 394 Å². The molecule has 0 radical (unpaired) electrons. The maximum Gasteiger partial charge on any atom is 0.472 e. The zero-order valence-corrected chi connectivity index (χ0v) is 62.9. The Bertz CT molecular complexity index is 1810. The van der Waals surface area contributed by atoms with Gasteiger partial charge < -0.3 is 33.8 Å². The highest BCUT2D eigenvalue weighted by atomic mass is 31.2. The number of phosphoric ester groups is 2. The fraction of sp³-hybridized carbons (Fsp3) is 0.947. The summed E-state index contributed by atoms with van der Waals surface area (Å²) in [6, 6.07) is 0. The third-order valence-electron chi connectivity index (χ3n) is 17.5. The molecular formula is C75H146O17P2. The average Bonchev–Trinajstić information content (AvgIpc) is 1.70. The molecule has 2 unspecified atom stereocenters. The summed E-state index contributed by atoms with van der Waals surface area (Å²) in [5.41, 5.74) is 0. The molecular weight excluding hydrogens is 1230 g/mol. The van der Waals surface area contributed by atoms with E-state index in [0.717, 1.165) is 102 Å². The Labute approximate surface area is 575 Å². The summed E-state index contributed by atoms with van der Waals surface area (Å²) in [5, 5.41) is 10.6. The molecule has 0 fully saturated rings. The molecule has 94 heavy (non-hydrogen) atoms. The predicted octanol–water partition coefficient (Wildman–Crippen LogP) is 22.1. The van der Waals surface area contributed by atoms with Gasteiger partial charge in [0, 0.05) is 25.7 Å². The molecule has 0 bridgehead atoms. The number of aliphatic hydroxyl groups is 1. The topological polar surface area (TPSA) is 237 Å². The van der Waals surface area contributed by atoms with Crippen molar-refractivity contribution in [3.63, 3.8) is 0 Å². The fourth-order valence-electron chi connectivity index (χ4n) is 11.5. The second-order valence-electron chi connectivity index (χ2n) is 27.5. The molecule has 0 aliphatic rings. The van der Waals surface area contributed by atoms with Crippen LogP contribution in [0.5, 0.6) is 0 Å². The smallest absolute Gasteiger partial charge is 0.462 e. The van der Waals surface area contributed by atoms with Crippen LogP contribution in [0.25, 0.3) is 0 Å². The Morgan fingerprint density at radius 1 is 0.287 bits per heavy atom. The highest BCUT2D eigenvalue weighted by Crippen LogP contribution is 2.45. The molecule has 0 aromatic carbocycles. The summed E-state index contributed by atoms with van der Waals surface area (Å²) in [6.07, 6.45) is 57.1. The maximum atomic E-state index is 13.1. The summed E-state index contributed by atoms with van der Waals surface area (Å²) < 4.78 is 68.3. The lowest BCUT2D eigenvalue weighted by Gasteiger charge is -2.21. The van der Waals surface area contributed by atoms with Crippen molar-refractivity contribution < 1.29 is 80.2 Å². The van der Waals surface area contributed by atoms with Gasteiger partial charge in [-0.15, -0.1) is 0 Å². The van der Waals surface area contributed by atoms with Gasteiger partial charge in [-0.1, -0.05) is 343 Å². The van der Waals surface area contributed by atoms with E-state index in [4.69, 9.17) is 37.0 Å². The molecule has 0 aromatic rings. The molecule has 0 amide bonds. The normalized spacial score (nSPS) is 14.0. The van der Waals surface area contributed by atoms with Crippen LogP contribution >= 0.6 is 15.6 Å². The maximum absolute atomic E-state index is 13.1. The molecule has 0 aromatic heterocycles. The Kier molecular flexibility index (Phi) is 66.8. The van der Waals surface area contributed by atoms with E-state index in [2.05, 4.69) is 34.6 Å². The summed E-state index contributed by atoms with van der Waals surface area (Å²) in [4.78, 5) is 72.6. The molecule has 0 heterocycles. The quantitative estimate of drug-likeness (QED) is 0.0222. The van der Waals surface area contributed by atoms with Gasteiger partial charge in [0.25, 0.3) is 0 Å². The molecule has 5 atom stereocenters. The minimum Gasteiger partial charge on any atom is -0.462 e. The fourth-order valence-corrected chi connectivity index (χ4v) is 13.1. The van der Waals surface area contributed by atoms with E-state index in [1.807, 2.05) is 0 Å². The van der Waals surface area contributed by atoms with E-state index in [0.29, 0.717) is 25.7 Å². The second-order valence-corrected chi connectivity index (χ2v) is 30.4. The largest absolute Gasteiger partial charge is 0.472 e. The number of carbonyl (C=O) groups is 4. The van der Waals surface area contributed by atoms with Crippen molar-refractivity contribution >= 4 is 39.5 Å². The van der Waals surface area contributed by atoms with E-state index >= 15 is 0 Å². The summed E-state index contributed by atoms with van der Waals surface area (Å²) in [7, 11) is -9.90. The Morgan fingerprint density at radius 2 is 0.489 bits per heavy atom. The van der Waals surface area contributed by atoms with Gasteiger partial charge in [0.2, 0.25) is 0 Å². The van der Waals surface area contributed by atoms with E-state index in [-0.39, 0.29) is 25.7 Å². The van der Waals surface area contributed by atoms with E-state index in [1.54, 1.807) is 0 Å². The average molecular weight is 1380 g/mol. The third-order valence-corrected chi connectivity index (χ3v) is 19.4. The number of phosphoric acid groups is 2. The number of rotatable bonds is 75. The first-order chi connectivity index (χ1) is 45.5. The van der Waals surface area contributed by atoms with Gasteiger partial charge >= 0.3 is 39.5 Å². The molecule has 558 valence electrons. The van der Waals surface area contributed by atoms with Crippen LogP contribution in [0.2, 0.25) is 0 Å². The van der Waals surface area contributed by atoms with E-state index in [1.165, 1.54) is 212 Å². The van der Waals surface area contributed by atoms with E-state index < -0.39 is 97.5 Å². The van der Waals surface area contributed by atoms with Gasteiger partial charge in [-0.05, 0) is 31.6 Å². The Morgan fingerprint density at radius 3 is 0.723 bits per heavy atom. The standard InChI is InChI=1S/C75H146O17P2/c1-6-9-12-15-18-21-22-23-24-30-33-36-40-44-49-54-59-73(78)86-65-71(92-75(80)61-56-51-46-41-37-34-31-28-26-25-27-29-32-35-39-42-47-52-57-68(4)5)67-90-94(83,84)88-63-69(76)62-87-93(81,82)89-66-70(64-85-72(77)58-53-48-43-20-17-14-11-8-3)91-74(79)60-55-50-45-38-19-16-13-10-7-2/h68-71,76H,6-67H2,1-5H3,(H,81,82)(H,83,84)/t69-,70+,71+/m0/s1. The molecule has 0 rings (SSSR count). The molecule has 0 aliphatic carbocycles. The first-order valence-electron chi connectivity index (χ1n) is 39.1. The van der Waals surface area contributed by atoms with Crippen LogP contribution in [0.3, 0.4) is 0 Å². The predicted molar refractivity (Wildman–Crippen MR) is 382 cm³/mol. The first kappa shape index (κ1) is 92.1. The first-order valence-corrected chi connectivity index (χ1v) is 42.1. The molecule has 0 aliphatic heterocycles. The van der Waals surface area contributed by atoms with Crippen LogP contribution in [0.15, 0.2) is 0 Å². The summed E-state index contributed by atoms with van der Waals surface area (Å²) in [6.45, 7) is 7.28. The lowest BCUT2D eigenvalue weighted by Crippen LogP contribution is -2.30. The van der Waals surface area contributed by atoms with Gasteiger partial charge in [-0.2, -0.15) is 0 Å². The molecule has 17 nitrogen and oxygen atoms in total. The van der Waals surface area contributed by atoms with Gasteiger partial charge in [-0.25, -0.2) is 9.13 Å². The second kappa shape index (κ2) is 68.2. The van der Waals surface area contributed by atoms with Crippen LogP contribution < -0.4 is 0 Å². The van der Waals surface area contributed by atoms with Crippen molar-refractivity contribution in [3.8, 4) is 0 Å². The molecule has 0 saturated heterocycles. The van der Waals surface area contributed by atoms with Crippen molar-refractivity contribution in [2.75, 3.05) is 39.6 Å². The minimum absolute atomic E-state index is 0.106.